The van der Waals surface area contributed by atoms with Gasteiger partial charge in [-0.05, 0) is 30.5 Å². The van der Waals surface area contributed by atoms with Gasteiger partial charge < -0.3 is 24.4 Å². The first-order valence-corrected chi connectivity index (χ1v) is 9.60. The van der Waals surface area contributed by atoms with Crippen molar-refractivity contribution < 1.29 is 23.8 Å². The molecular formula is C22H26N2O5. The molecule has 3 rings (SSSR count). The van der Waals surface area contributed by atoms with Crippen LogP contribution in [0.5, 0.6) is 11.5 Å². The largest absolute Gasteiger partial charge is 0.496 e. The molecule has 1 saturated heterocycles. The van der Waals surface area contributed by atoms with Gasteiger partial charge in [-0.25, -0.2) is 4.79 Å². The lowest BCUT2D eigenvalue weighted by atomic mass is 10.0. The minimum atomic E-state index is -0.440. The molecule has 2 amide bonds. The van der Waals surface area contributed by atoms with Gasteiger partial charge in [-0.2, -0.15) is 0 Å². The van der Waals surface area contributed by atoms with E-state index in [1.54, 1.807) is 23.1 Å². The summed E-state index contributed by atoms with van der Waals surface area (Å²) in [5, 5.41) is 2.88. The Kier molecular flexibility index (Phi) is 6.94. The quantitative estimate of drug-likeness (QED) is 0.808. The van der Waals surface area contributed by atoms with E-state index in [0.29, 0.717) is 43.0 Å². The van der Waals surface area contributed by atoms with Crippen LogP contribution in [0.1, 0.15) is 28.8 Å². The number of carbonyl (C=O) groups excluding carboxylic acids is 2. The molecule has 2 aromatic rings. The van der Waals surface area contributed by atoms with Crippen molar-refractivity contribution >= 4 is 12.0 Å². The van der Waals surface area contributed by atoms with Gasteiger partial charge >= 0.3 is 6.09 Å². The monoisotopic (exact) mass is 398 g/mol. The van der Waals surface area contributed by atoms with Crippen LogP contribution in [0.4, 0.5) is 4.79 Å². The Balaban J connectivity index is 1.51. The Labute approximate surface area is 170 Å². The zero-order valence-corrected chi connectivity index (χ0v) is 16.7. The molecule has 29 heavy (non-hydrogen) atoms. The van der Waals surface area contributed by atoms with Crippen LogP contribution in [0.15, 0.2) is 48.5 Å². The maximum Gasteiger partial charge on any atom is 0.407 e. The van der Waals surface area contributed by atoms with Crippen LogP contribution in [0, 0.1) is 0 Å². The number of rotatable bonds is 6. The molecule has 2 aromatic carbocycles. The lowest BCUT2D eigenvalue weighted by Gasteiger charge is -2.32. The third-order valence-corrected chi connectivity index (χ3v) is 4.96. The molecule has 0 aliphatic carbocycles. The molecular weight excluding hydrogens is 372 g/mol. The van der Waals surface area contributed by atoms with E-state index in [1.165, 1.54) is 14.2 Å². The molecule has 1 heterocycles. The van der Waals surface area contributed by atoms with Gasteiger partial charge in [0, 0.05) is 19.1 Å². The third-order valence-electron chi connectivity index (χ3n) is 4.96. The van der Waals surface area contributed by atoms with E-state index in [-0.39, 0.29) is 18.6 Å². The van der Waals surface area contributed by atoms with Gasteiger partial charge in [0.25, 0.3) is 5.91 Å². The second kappa shape index (κ2) is 9.82. The number of piperidine rings is 1. The minimum Gasteiger partial charge on any atom is -0.496 e. The highest BCUT2D eigenvalue weighted by atomic mass is 16.5. The molecule has 0 saturated carbocycles. The average Bonchev–Trinajstić information content (AvgIpc) is 2.77. The van der Waals surface area contributed by atoms with Gasteiger partial charge in [-0.15, -0.1) is 0 Å². The number of benzene rings is 2. The summed E-state index contributed by atoms with van der Waals surface area (Å²) in [6, 6.07) is 14.8. The van der Waals surface area contributed by atoms with E-state index in [4.69, 9.17) is 14.2 Å². The van der Waals surface area contributed by atoms with Crippen LogP contribution >= 0.6 is 0 Å². The van der Waals surface area contributed by atoms with Crippen molar-refractivity contribution in [2.24, 2.45) is 0 Å². The molecule has 0 aromatic heterocycles. The van der Waals surface area contributed by atoms with Crippen molar-refractivity contribution in [3.63, 3.8) is 0 Å². The van der Waals surface area contributed by atoms with Gasteiger partial charge in [0.15, 0.2) is 0 Å². The van der Waals surface area contributed by atoms with Crippen LogP contribution < -0.4 is 14.8 Å². The molecule has 1 aliphatic heterocycles. The molecule has 1 N–H and O–H groups in total. The number of likely N-dealkylation sites (tertiary alicyclic amines) is 1. The fourth-order valence-electron chi connectivity index (χ4n) is 3.38. The highest BCUT2D eigenvalue weighted by molar-refractivity contribution is 5.99. The molecule has 7 nitrogen and oxygen atoms in total. The fraction of sp³-hybridized carbons (Fsp3) is 0.364. The summed E-state index contributed by atoms with van der Waals surface area (Å²) in [6.07, 6.45) is 0.873. The van der Waals surface area contributed by atoms with Crippen LogP contribution in [0.3, 0.4) is 0 Å². The van der Waals surface area contributed by atoms with Crippen molar-refractivity contribution in [3.05, 3.63) is 59.7 Å². The Morgan fingerprint density at radius 2 is 1.59 bits per heavy atom. The Morgan fingerprint density at radius 1 is 0.966 bits per heavy atom. The Morgan fingerprint density at radius 3 is 2.17 bits per heavy atom. The smallest absolute Gasteiger partial charge is 0.407 e. The summed E-state index contributed by atoms with van der Waals surface area (Å²) < 4.78 is 15.9. The van der Waals surface area contributed by atoms with Crippen LogP contribution in [0.2, 0.25) is 0 Å². The number of carbonyl (C=O) groups is 2. The first-order chi connectivity index (χ1) is 14.1. The van der Waals surface area contributed by atoms with Crippen molar-refractivity contribution in [2.45, 2.75) is 25.5 Å². The number of hydrogen-bond acceptors (Lipinski definition) is 5. The predicted octanol–water partition coefficient (Wildman–Crippen LogP) is 3.23. The summed E-state index contributed by atoms with van der Waals surface area (Å²) >= 11 is 0. The molecule has 0 atom stereocenters. The van der Waals surface area contributed by atoms with E-state index < -0.39 is 6.09 Å². The van der Waals surface area contributed by atoms with Gasteiger partial charge in [0.05, 0.1) is 14.2 Å². The molecule has 1 aliphatic rings. The van der Waals surface area contributed by atoms with Crippen molar-refractivity contribution in [1.82, 2.24) is 10.2 Å². The number of hydrogen-bond donors (Lipinski definition) is 1. The number of nitrogens with zero attached hydrogens (tertiary/aromatic N) is 1. The molecule has 0 radical (unpaired) electrons. The zero-order chi connectivity index (χ0) is 20.6. The fourth-order valence-corrected chi connectivity index (χ4v) is 3.38. The lowest BCUT2D eigenvalue weighted by Crippen LogP contribution is -2.46. The number of ether oxygens (including phenoxy) is 3. The summed E-state index contributed by atoms with van der Waals surface area (Å²) in [7, 11) is 3.06. The van der Waals surface area contributed by atoms with E-state index in [0.717, 1.165) is 5.56 Å². The number of nitrogens with one attached hydrogen (secondary N) is 1. The molecule has 154 valence electrons. The van der Waals surface area contributed by atoms with E-state index in [9.17, 15) is 9.59 Å². The molecule has 0 spiro atoms. The Hall–Kier alpha value is -3.22. The molecule has 0 bridgehead atoms. The topological polar surface area (TPSA) is 77.1 Å². The van der Waals surface area contributed by atoms with Crippen molar-refractivity contribution in [3.8, 4) is 11.5 Å². The highest BCUT2D eigenvalue weighted by Crippen LogP contribution is 2.30. The average molecular weight is 398 g/mol. The molecule has 1 fully saturated rings. The maximum atomic E-state index is 13.0. The first kappa shape index (κ1) is 20.5. The second-order valence-corrected chi connectivity index (χ2v) is 6.81. The van der Waals surface area contributed by atoms with E-state index in [1.807, 2.05) is 30.3 Å². The minimum absolute atomic E-state index is 0.0260. The van der Waals surface area contributed by atoms with Gasteiger partial charge in [-0.3, -0.25) is 4.79 Å². The van der Waals surface area contributed by atoms with Gasteiger partial charge in [0.2, 0.25) is 0 Å². The second-order valence-electron chi connectivity index (χ2n) is 6.81. The first-order valence-electron chi connectivity index (χ1n) is 9.60. The van der Waals surface area contributed by atoms with Crippen molar-refractivity contribution in [1.29, 1.82) is 0 Å². The summed E-state index contributed by atoms with van der Waals surface area (Å²) in [4.78, 5) is 26.8. The zero-order valence-electron chi connectivity index (χ0n) is 16.7. The summed E-state index contributed by atoms with van der Waals surface area (Å²) in [5.41, 5.74) is 1.36. The maximum absolute atomic E-state index is 13.0. The standard InChI is InChI=1S/C22H26N2O5/c1-27-18-9-6-10-19(28-2)20(18)21(25)24-13-11-17(12-14-24)23-22(26)29-15-16-7-4-3-5-8-16/h3-10,17H,11-15H2,1-2H3,(H,23,26). The third kappa shape index (κ3) is 5.19. The predicted molar refractivity (Wildman–Crippen MR) is 108 cm³/mol. The van der Waals surface area contributed by atoms with Crippen LogP contribution in [-0.4, -0.2) is 50.3 Å². The summed E-state index contributed by atoms with van der Waals surface area (Å²) in [6.45, 7) is 1.30. The number of alkyl carbamates (subject to hydrolysis) is 1. The highest BCUT2D eigenvalue weighted by Gasteiger charge is 2.28. The van der Waals surface area contributed by atoms with Gasteiger partial charge in [-0.1, -0.05) is 36.4 Å². The van der Waals surface area contributed by atoms with Crippen LogP contribution in [-0.2, 0) is 11.3 Å². The molecule has 0 unspecified atom stereocenters. The SMILES string of the molecule is COc1cccc(OC)c1C(=O)N1CCC(NC(=O)OCc2ccccc2)CC1. The van der Waals surface area contributed by atoms with Gasteiger partial charge in [0.1, 0.15) is 23.7 Å². The molecule has 7 heteroatoms. The normalized spacial score (nSPS) is 14.2. The number of methoxy groups -OCH3 is 2. The lowest BCUT2D eigenvalue weighted by molar-refractivity contribution is 0.0694. The summed E-state index contributed by atoms with van der Waals surface area (Å²) in [5.74, 6) is 0.836. The van der Waals surface area contributed by atoms with E-state index in [2.05, 4.69) is 5.32 Å². The number of amides is 2. The van der Waals surface area contributed by atoms with Crippen LogP contribution in [0.25, 0.3) is 0 Å². The van der Waals surface area contributed by atoms with Crippen molar-refractivity contribution in [2.75, 3.05) is 27.3 Å². The Bertz CT molecular complexity index is 810. The van der Waals surface area contributed by atoms with E-state index >= 15 is 0 Å².